The van der Waals surface area contributed by atoms with E-state index >= 15 is 0 Å². The minimum absolute atomic E-state index is 0.222. The van der Waals surface area contributed by atoms with Crippen LogP contribution < -0.4 is 0 Å². The molecule has 2 nitrogen and oxygen atoms in total. The van der Waals surface area contributed by atoms with Gasteiger partial charge in [-0.1, -0.05) is 19.4 Å². The van der Waals surface area contributed by atoms with Gasteiger partial charge in [-0.05, 0) is 42.9 Å². The molecule has 19 heavy (non-hydrogen) atoms. The molecule has 2 atom stereocenters. The van der Waals surface area contributed by atoms with Crippen molar-refractivity contribution in [3.8, 4) is 0 Å². The maximum absolute atomic E-state index is 13.8. The molecule has 2 aromatic rings. The topological polar surface area (TPSA) is 20.7 Å². The number of rotatable bonds is 3. The van der Waals surface area contributed by atoms with Gasteiger partial charge in [0.1, 0.15) is 11.3 Å². The van der Waals surface area contributed by atoms with E-state index in [4.69, 9.17) is 12.2 Å². The maximum Gasteiger partial charge on any atom is 0.178 e. The normalized spacial score (nSPS) is 23.3. The number of fused-ring (bicyclic) bond motifs is 1. The molecule has 1 aliphatic carbocycles. The summed E-state index contributed by atoms with van der Waals surface area (Å²) in [4.78, 5) is 3.03. The number of benzene rings is 1. The van der Waals surface area contributed by atoms with E-state index in [0.29, 0.717) is 21.6 Å². The van der Waals surface area contributed by atoms with Crippen LogP contribution in [0.2, 0.25) is 0 Å². The quantitative estimate of drug-likeness (QED) is 0.830. The fraction of sp³-hybridized carbons (Fsp3) is 0.500. The van der Waals surface area contributed by atoms with Gasteiger partial charge in [0.25, 0.3) is 0 Å². The number of halogens is 1. The molecule has 5 heteroatoms. The van der Waals surface area contributed by atoms with E-state index < -0.39 is 0 Å². The van der Waals surface area contributed by atoms with Crippen LogP contribution in [0, 0.1) is 10.6 Å². The van der Waals surface area contributed by atoms with Crippen molar-refractivity contribution in [2.24, 2.45) is 0 Å². The summed E-state index contributed by atoms with van der Waals surface area (Å²) < 4.78 is 16.6. The monoisotopic (exact) mass is 296 g/mol. The van der Waals surface area contributed by atoms with Crippen LogP contribution in [0.25, 0.3) is 11.0 Å². The molecule has 0 amide bonds. The van der Waals surface area contributed by atoms with Gasteiger partial charge in [0.2, 0.25) is 0 Å². The third-order valence-corrected chi connectivity index (χ3v) is 5.44. The van der Waals surface area contributed by atoms with E-state index in [9.17, 15) is 4.39 Å². The van der Waals surface area contributed by atoms with E-state index in [-0.39, 0.29) is 5.82 Å². The van der Waals surface area contributed by atoms with Crippen LogP contribution in [0.5, 0.6) is 0 Å². The Balaban J connectivity index is 2.12. The van der Waals surface area contributed by atoms with Gasteiger partial charge in [-0.3, -0.25) is 0 Å². The highest BCUT2D eigenvalue weighted by Crippen LogP contribution is 2.40. The highest BCUT2D eigenvalue weighted by atomic mass is 32.2. The van der Waals surface area contributed by atoms with Gasteiger partial charge < -0.3 is 9.55 Å². The predicted octanol–water partition coefficient (Wildman–Crippen LogP) is 4.68. The highest BCUT2D eigenvalue weighted by molar-refractivity contribution is 7.99. The summed E-state index contributed by atoms with van der Waals surface area (Å²) in [5.74, 6) is 0.894. The number of imidazole rings is 1. The molecule has 2 unspecified atom stereocenters. The third kappa shape index (κ3) is 2.23. The van der Waals surface area contributed by atoms with Gasteiger partial charge in [-0.15, -0.1) is 0 Å². The number of aromatic nitrogens is 2. The molecular formula is C14H17FN2S2. The Bertz CT molecular complexity index is 646. The minimum Gasteiger partial charge on any atom is -0.328 e. The number of aromatic amines is 1. The average Bonchev–Trinajstić information content (AvgIpc) is 2.94. The fourth-order valence-electron chi connectivity index (χ4n) is 3.05. The molecule has 102 valence electrons. The standard InChI is InChI=1S/C14H17FN2S2/c1-2-19-12-8-4-6-10(12)17-11-7-3-5-9(15)13(11)16-14(17)18/h3,5,7,10,12H,2,4,6,8H2,1H3,(H,16,18). The Morgan fingerprint density at radius 1 is 1.47 bits per heavy atom. The summed E-state index contributed by atoms with van der Waals surface area (Å²) in [7, 11) is 0. The lowest BCUT2D eigenvalue weighted by molar-refractivity contribution is 0.536. The van der Waals surface area contributed by atoms with Gasteiger partial charge in [-0.2, -0.15) is 11.8 Å². The Morgan fingerprint density at radius 2 is 2.32 bits per heavy atom. The number of hydrogen-bond donors (Lipinski definition) is 1. The molecule has 1 N–H and O–H groups in total. The first-order valence-electron chi connectivity index (χ1n) is 6.72. The van der Waals surface area contributed by atoms with Gasteiger partial charge in [-0.25, -0.2) is 4.39 Å². The molecule has 1 fully saturated rings. The van der Waals surface area contributed by atoms with Crippen LogP contribution in [0.15, 0.2) is 18.2 Å². The maximum atomic E-state index is 13.8. The Kier molecular flexibility index (Phi) is 3.67. The SMILES string of the molecule is CCSC1CCCC1n1c(=S)[nH]c2c(F)cccc21. The molecule has 1 heterocycles. The molecule has 0 radical (unpaired) electrons. The zero-order valence-electron chi connectivity index (χ0n) is 10.9. The number of H-pyrrole nitrogens is 1. The van der Waals surface area contributed by atoms with Crippen molar-refractivity contribution >= 4 is 35.0 Å². The largest absolute Gasteiger partial charge is 0.328 e. The summed E-state index contributed by atoms with van der Waals surface area (Å²) in [6.07, 6.45) is 3.59. The summed E-state index contributed by atoms with van der Waals surface area (Å²) in [6, 6.07) is 5.59. The second-order valence-corrected chi connectivity index (χ2v) is 6.83. The molecule has 1 saturated carbocycles. The predicted molar refractivity (Wildman–Crippen MR) is 81.9 cm³/mol. The molecule has 0 spiro atoms. The van der Waals surface area contributed by atoms with Crippen LogP contribution in [0.4, 0.5) is 4.39 Å². The molecule has 0 saturated heterocycles. The molecular weight excluding hydrogens is 279 g/mol. The van der Waals surface area contributed by atoms with Crippen LogP contribution in [0.1, 0.15) is 32.2 Å². The fourth-order valence-corrected chi connectivity index (χ4v) is 4.63. The van der Waals surface area contributed by atoms with Crippen molar-refractivity contribution in [3.63, 3.8) is 0 Å². The Labute approximate surface area is 121 Å². The van der Waals surface area contributed by atoms with E-state index in [1.807, 2.05) is 17.8 Å². The van der Waals surface area contributed by atoms with Gasteiger partial charge >= 0.3 is 0 Å². The van der Waals surface area contributed by atoms with Crippen molar-refractivity contribution in [2.75, 3.05) is 5.75 Å². The number of hydrogen-bond acceptors (Lipinski definition) is 2. The lowest BCUT2D eigenvalue weighted by atomic mass is 10.2. The van der Waals surface area contributed by atoms with Gasteiger partial charge in [0.15, 0.2) is 4.77 Å². The Hall–Kier alpha value is -0.810. The van der Waals surface area contributed by atoms with Gasteiger partial charge in [0.05, 0.1) is 5.52 Å². The molecule has 1 aliphatic rings. The van der Waals surface area contributed by atoms with E-state index in [1.165, 1.54) is 18.9 Å². The van der Waals surface area contributed by atoms with Crippen molar-refractivity contribution in [3.05, 3.63) is 28.8 Å². The summed E-state index contributed by atoms with van der Waals surface area (Å²) in [5, 5.41) is 0.596. The number of nitrogens with one attached hydrogen (secondary N) is 1. The number of thioether (sulfide) groups is 1. The first kappa shape index (κ1) is 13.2. The molecule has 1 aromatic heterocycles. The first-order chi connectivity index (χ1) is 9.22. The average molecular weight is 296 g/mol. The smallest absolute Gasteiger partial charge is 0.178 e. The number of para-hydroxylation sites is 1. The zero-order valence-corrected chi connectivity index (χ0v) is 12.5. The summed E-state index contributed by atoms with van der Waals surface area (Å²) in [5.41, 5.74) is 1.44. The van der Waals surface area contributed by atoms with Crippen molar-refractivity contribution in [1.29, 1.82) is 0 Å². The van der Waals surface area contributed by atoms with E-state index in [1.54, 1.807) is 6.07 Å². The van der Waals surface area contributed by atoms with Crippen molar-refractivity contribution < 1.29 is 4.39 Å². The van der Waals surface area contributed by atoms with Crippen LogP contribution in [-0.2, 0) is 0 Å². The van der Waals surface area contributed by atoms with E-state index in [2.05, 4.69) is 16.5 Å². The Morgan fingerprint density at radius 3 is 3.11 bits per heavy atom. The second-order valence-electron chi connectivity index (χ2n) is 4.93. The van der Waals surface area contributed by atoms with Crippen LogP contribution in [-0.4, -0.2) is 20.6 Å². The summed E-state index contributed by atoms with van der Waals surface area (Å²) >= 11 is 7.41. The molecule has 0 bridgehead atoms. The third-order valence-electron chi connectivity index (χ3n) is 3.83. The summed E-state index contributed by atoms with van der Waals surface area (Å²) in [6.45, 7) is 2.19. The minimum atomic E-state index is -0.222. The lowest BCUT2D eigenvalue weighted by Gasteiger charge is -2.21. The second kappa shape index (κ2) is 5.29. The van der Waals surface area contributed by atoms with E-state index in [0.717, 1.165) is 17.7 Å². The first-order valence-corrected chi connectivity index (χ1v) is 8.18. The molecule has 0 aliphatic heterocycles. The molecule has 1 aromatic carbocycles. The van der Waals surface area contributed by atoms with Gasteiger partial charge in [0, 0.05) is 11.3 Å². The lowest BCUT2D eigenvalue weighted by Crippen LogP contribution is -2.16. The zero-order chi connectivity index (χ0) is 13.4. The highest BCUT2D eigenvalue weighted by Gasteiger charge is 2.30. The number of nitrogens with zero attached hydrogens (tertiary/aromatic N) is 1. The molecule has 3 rings (SSSR count). The van der Waals surface area contributed by atoms with Crippen LogP contribution in [0.3, 0.4) is 0 Å². The van der Waals surface area contributed by atoms with Crippen LogP contribution >= 0.6 is 24.0 Å². The van der Waals surface area contributed by atoms with Crippen molar-refractivity contribution in [2.45, 2.75) is 37.5 Å². The van der Waals surface area contributed by atoms with Crippen molar-refractivity contribution in [1.82, 2.24) is 9.55 Å².